The fraction of sp³-hybridized carbons (Fsp3) is 0.455. The van der Waals surface area contributed by atoms with Gasteiger partial charge in [-0.15, -0.1) is 0 Å². The zero-order valence-corrected chi connectivity index (χ0v) is 9.58. The van der Waals surface area contributed by atoms with Gasteiger partial charge in [0.1, 0.15) is 0 Å². The summed E-state index contributed by atoms with van der Waals surface area (Å²) in [6, 6.07) is 3.94. The van der Waals surface area contributed by atoms with Crippen LogP contribution in [0.15, 0.2) is 18.2 Å². The zero-order valence-electron chi connectivity index (χ0n) is 9.58. The van der Waals surface area contributed by atoms with Crippen LogP contribution in [0.25, 0.3) is 0 Å². The van der Waals surface area contributed by atoms with Crippen molar-refractivity contribution in [3.8, 4) is 0 Å². The summed E-state index contributed by atoms with van der Waals surface area (Å²) < 4.78 is 13.3. The lowest BCUT2D eigenvalue weighted by molar-refractivity contribution is -0.387. The Morgan fingerprint density at radius 1 is 1.44 bits per heavy atom. The highest BCUT2D eigenvalue weighted by molar-refractivity contribution is 5.34. The summed E-state index contributed by atoms with van der Waals surface area (Å²) in [4.78, 5) is 9.67. The summed E-state index contributed by atoms with van der Waals surface area (Å²) in [6.45, 7) is 6.47. The molecule has 4 nitrogen and oxygen atoms in total. The zero-order chi connectivity index (χ0) is 12.3. The van der Waals surface area contributed by atoms with Crippen molar-refractivity contribution < 1.29 is 9.31 Å². The molecule has 0 atom stereocenters. The highest BCUT2D eigenvalue weighted by atomic mass is 19.1. The molecule has 0 aliphatic rings. The van der Waals surface area contributed by atoms with Crippen molar-refractivity contribution in [1.29, 1.82) is 0 Å². The first-order valence-corrected chi connectivity index (χ1v) is 4.97. The van der Waals surface area contributed by atoms with Crippen molar-refractivity contribution in [1.82, 2.24) is 5.32 Å². The third-order valence-electron chi connectivity index (χ3n) is 2.03. The Labute approximate surface area is 93.6 Å². The topological polar surface area (TPSA) is 55.2 Å². The van der Waals surface area contributed by atoms with Crippen molar-refractivity contribution in [3.05, 3.63) is 39.7 Å². The van der Waals surface area contributed by atoms with E-state index in [0.29, 0.717) is 12.1 Å². The van der Waals surface area contributed by atoms with Crippen LogP contribution in [0.5, 0.6) is 0 Å². The second-order valence-electron chi connectivity index (χ2n) is 4.65. The van der Waals surface area contributed by atoms with Crippen molar-refractivity contribution in [2.45, 2.75) is 32.9 Å². The van der Waals surface area contributed by atoms with E-state index in [1.165, 1.54) is 12.1 Å². The van der Waals surface area contributed by atoms with Crippen molar-refractivity contribution in [2.24, 2.45) is 0 Å². The lowest BCUT2D eigenvalue weighted by Crippen LogP contribution is -2.35. The van der Waals surface area contributed by atoms with Crippen LogP contribution in [0.2, 0.25) is 0 Å². The first kappa shape index (κ1) is 12.6. The average molecular weight is 226 g/mol. The molecule has 0 aromatic heterocycles. The quantitative estimate of drug-likeness (QED) is 0.636. The van der Waals surface area contributed by atoms with Crippen molar-refractivity contribution >= 4 is 5.69 Å². The van der Waals surface area contributed by atoms with Crippen LogP contribution in [0.3, 0.4) is 0 Å². The summed E-state index contributed by atoms with van der Waals surface area (Å²) in [6.07, 6.45) is 0. The molecule has 1 N–H and O–H groups in total. The molecule has 0 aliphatic heterocycles. The molecule has 1 rings (SSSR count). The fourth-order valence-corrected chi connectivity index (χ4v) is 1.18. The maximum atomic E-state index is 13.3. The van der Waals surface area contributed by atoms with Crippen LogP contribution in [-0.4, -0.2) is 10.5 Å². The number of halogens is 1. The molecule has 0 saturated carbocycles. The van der Waals surface area contributed by atoms with E-state index in [0.717, 1.165) is 0 Å². The Kier molecular flexibility index (Phi) is 3.59. The number of benzene rings is 1. The summed E-state index contributed by atoms with van der Waals surface area (Å²) in [7, 11) is 0. The van der Waals surface area contributed by atoms with Gasteiger partial charge in [0, 0.05) is 18.2 Å². The minimum absolute atomic E-state index is 0.0712. The lowest BCUT2D eigenvalue weighted by Gasteiger charge is -2.20. The Morgan fingerprint density at radius 2 is 2.06 bits per heavy atom. The van der Waals surface area contributed by atoms with Crippen LogP contribution in [-0.2, 0) is 6.54 Å². The minimum atomic E-state index is -0.793. The van der Waals surface area contributed by atoms with Crippen LogP contribution >= 0.6 is 0 Å². The van der Waals surface area contributed by atoms with Crippen molar-refractivity contribution in [2.75, 3.05) is 0 Å². The molecule has 0 spiro atoms. The molecule has 1 aromatic carbocycles. The number of nitro benzene ring substituents is 1. The predicted octanol–water partition coefficient (Wildman–Crippen LogP) is 2.62. The number of nitrogens with one attached hydrogen (secondary N) is 1. The average Bonchev–Trinajstić information content (AvgIpc) is 2.13. The largest absolute Gasteiger partial charge is 0.308 e. The Balaban J connectivity index is 2.78. The molecule has 0 amide bonds. The molecule has 0 saturated heterocycles. The van der Waals surface area contributed by atoms with Crippen LogP contribution in [0.4, 0.5) is 10.1 Å². The van der Waals surface area contributed by atoms with Crippen LogP contribution < -0.4 is 5.32 Å². The molecule has 0 radical (unpaired) electrons. The smallest absolute Gasteiger partial charge is 0.304 e. The molecule has 0 bridgehead atoms. The van der Waals surface area contributed by atoms with Crippen LogP contribution in [0, 0.1) is 15.9 Å². The summed E-state index contributed by atoms with van der Waals surface area (Å²) in [5.74, 6) is -0.793. The number of nitrogens with zero attached hydrogens (tertiary/aromatic N) is 1. The van der Waals surface area contributed by atoms with Gasteiger partial charge in [-0.05, 0) is 32.4 Å². The van der Waals surface area contributed by atoms with E-state index in [1.54, 1.807) is 6.07 Å². The predicted molar refractivity (Wildman–Crippen MR) is 59.6 cm³/mol. The highest BCUT2D eigenvalue weighted by Crippen LogP contribution is 2.18. The van der Waals surface area contributed by atoms with Gasteiger partial charge in [0.05, 0.1) is 4.92 Å². The third kappa shape index (κ3) is 3.58. The van der Waals surface area contributed by atoms with E-state index < -0.39 is 16.4 Å². The molecule has 16 heavy (non-hydrogen) atoms. The van der Waals surface area contributed by atoms with E-state index in [-0.39, 0.29) is 5.54 Å². The Hall–Kier alpha value is -1.49. The van der Waals surface area contributed by atoms with E-state index in [4.69, 9.17) is 0 Å². The molecule has 0 fully saturated rings. The van der Waals surface area contributed by atoms with E-state index in [9.17, 15) is 14.5 Å². The first-order valence-electron chi connectivity index (χ1n) is 4.97. The van der Waals surface area contributed by atoms with Gasteiger partial charge in [0.25, 0.3) is 0 Å². The molecule has 0 unspecified atom stereocenters. The lowest BCUT2D eigenvalue weighted by atomic mass is 10.1. The molecule has 1 aromatic rings. The third-order valence-corrected chi connectivity index (χ3v) is 2.03. The van der Waals surface area contributed by atoms with Gasteiger partial charge in [-0.3, -0.25) is 10.1 Å². The van der Waals surface area contributed by atoms with Gasteiger partial charge in [-0.1, -0.05) is 6.07 Å². The SMILES string of the molecule is CC(C)(C)NCc1ccc([N+](=O)[O-])c(F)c1. The summed E-state index contributed by atoms with van der Waals surface area (Å²) in [5, 5.41) is 13.6. The van der Waals surface area contributed by atoms with E-state index >= 15 is 0 Å². The summed E-state index contributed by atoms with van der Waals surface area (Å²) in [5.41, 5.74) is 0.135. The standard InChI is InChI=1S/C11H15FN2O2/c1-11(2,3)13-7-8-4-5-10(14(15)16)9(12)6-8/h4-6,13H,7H2,1-3H3. The first-order chi connectivity index (χ1) is 7.29. The minimum Gasteiger partial charge on any atom is -0.308 e. The number of nitro groups is 1. The maximum absolute atomic E-state index is 13.3. The number of hydrogen-bond acceptors (Lipinski definition) is 3. The highest BCUT2D eigenvalue weighted by Gasteiger charge is 2.14. The number of hydrogen-bond donors (Lipinski definition) is 1. The van der Waals surface area contributed by atoms with Gasteiger partial charge >= 0.3 is 5.69 Å². The van der Waals surface area contributed by atoms with Crippen molar-refractivity contribution in [3.63, 3.8) is 0 Å². The fourth-order valence-electron chi connectivity index (χ4n) is 1.18. The second kappa shape index (κ2) is 4.57. The van der Waals surface area contributed by atoms with Gasteiger partial charge in [-0.25, -0.2) is 0 Å². The van der Waals surface area contributed by atoms with Crippen LogP contribution in [0.1, 0.15) is 26.3 Å². The molecule has 5 heteroatoms. The Morgan fingerprint density at radius 3 is 2.50 bits per heavy atom. The van der Waals surface area contributed by atoms with Gasteiger partial charge < -0.3 is 5.32 Å². The monoisotopic (exact) mass is 226 g/mol. The molecule has 0 heterocycles. The molecule has 88 valence electrons. The maximum Gasteiger partial charge on any atom is 0.304 e. The molecule has 0 aliphatic carbocycles. The van der Waals surface area contributed by atoms with Gasteiger partial charge in [0.2, 0.25) is 5.82 Å². The Bertz CT molecular complexity index is 399. The van der Waals surface area contributed by atoms with E-state index in [2.05, 4.69) is 5.32 Å². The molecular formula is C11H15FN2O2. The number of rotatable bonds is 3. The normalized spacial score (nSPS) is 11.5. The van der Waals surface area contributed by atoms with Gasteiger partial charge in [0.15, 0.2) is 0 Å². The summed E-state index contributed by atoms with van der Waals surface area (Å²) >= 11 is 0. The second-order valence-corrected chi connectivity index (χ2v) is 4.65. The van der Waals surface area contributed by atoms with Gasteiger partial charge in [-0.2, -0.15) is 4.39 Å². The van der Waals surface area contributed by atoms with E-state index in [1.807, 2.05) is 20.8 Å². The molecular weight excluding hydrogens is 211 g/mol.